The zero-order valence-electron chi connectivity index (χ0n) is 7.52. The zero-order chi connectivity index (χ0) is 10.7. The van der Waals surface area contributed by atoms with Crippen LogP contribution in [-0.4, -0.2) is 11.7 Å². The molecule has 0 heterocycles. The molecule has 0 bridgehead atoms. The van der Waals surface area contributed by atoms with Gasteiger partial charge in [0.1, 0.15) is 5.82 Å². The Hall–Kier alpha value is -1.29. The Bertz CT molecular complexity index is 372. The smallest absolute Gasteiger partial charge is 0.161 e. The van der Waals surface area contributed by atoms with Crippen molar-refractivity contribution in [3.8, 4) is 0 Å². The van der Waals surface area contributed by atoms with Gasteiger partial charge in [-0.25, -0.2) is 13.2 Å². The van der Waals surface area contributed by atoms with Crippen molar-refractivity contribution < 1.29 is 18.3 Å². The van der Waals surface area contributed by atoms with Crippen molar-refractivity contribution >= 4 is 6.08 Å². The first-order valence-corrected chi connectivity index (χ1v) is 3.97. The number of rotatable bonds is 2. The molecule has 1 aromatic rings. The fraction of sp³-hybridized carbons (Fsp3) is 0.200. The highest BCUT2D eigenvalue weighted by Crippen LogP contribution is 2.16. The lowest BCUT2D eigenvalue weighted by atomic mass is 10.1. The highest BCUT2D eigenvalue weighted by atomic mass is 19.2. The van der Waals surface area contributed by atoms with Crippen molar-refractivity contribution in [3.05, 3.63) is 40.7 Å². The second-order valence-corrected chi connectivity index (χ2v) is 2.94. The summed E-state index contributed by atoms with van der Waals surface area (Å²) in [5.41, 5.74) is 0.394. The molecule has 0 aliphatic rings. The van der Waals surface area contributed by atoms with Crippen LogP contribution in [0.15, 0.2) is 17.7 Å². The molecule has 0 aliphatic heterocycles. The molecule has 0 spiro atoms. The lowest BCUT2D eigenvalue weighted by molar-refractivity contribution is 0.332. The van der Waals surface area contributed by atoms with Crippen molar-refractivity contribution in [2.45, 2.75) is 6.92 Å². The lowest BCUT2D eigenvalue weighted by Gasteiger charge is -2.00. The van der Waals surface area contributed by atoms with Crippen molar-refractivity contribution in [2.75, 3.05) is 6.61 Å². The van der Waals surface area contributed by atoms with Gasteiger partial charge >= 0.3 is 0 Å². The van der Waals surface area contributed by atoms with Gasteiger partial charge in [0.05, 0.1) is 6.61 Å². The topological polar surface area (TPSA) is 20.2 Å². The molecule has 14 heavy (non-hydrogen) atoms. The van der Waals surface area contributed by atoms with Crippen LogP contribution in [-0.2, 0) is 0 Å². The second-order valence-electron chi connectivity index (χ2n) is 2.94. The predicted octanol–water partition coefficient (Wildman–Crippen LogP) is 2.50. The van der Waals surface area contributed by atoms with E-state index in [0.29, 0.717) is 11.6 Å². The van der Waals surface area contributed by atoms with Gasteiger partial charge in [-0.05, 0) is 18.6 Å². The third-order valence-corrected chi connectivity index (χ3v) is 1.69. The van der Waals surface area contributed by atoms with E-state index in [4.69, 9.17) is 5.11 Å². The molecule has 0 saturated heterocycles. The van der Waals surface area contributed by atoms with Gasteiger partial charge in [-0.2, -0.15) is 0 Å². The van der Waals surface area contributed by atoms with Gasteiger partial charge in [0, 0.05) is 11.6 Å². The van der Waals surface area contributed by atoms with Crippen LogP contribution in [0.4, 0.5) is 13.2 Å². The molecule has 0 fully saturated rings. The molecule has 0 radical (unpaired) electrons. The number of aliphatic hydroxyl groups is 1. The first-order chi connectivity index (χ1) is 6.54. The summed E-state index contributed by atoms with van der Waals surface area (Å²) in [5.74, 6) is -3.18. The summed E-state index contributed by atoms with van der Waals surface area (Å²) in [4.78, 5) is 0. The molecule has 0 unspecified atom stereocenters. The molecule has 1 rings (SSSR count). The highest BCUT2D eigenvalue weighted by molar-refractivity contribution is 5.53. The molecule has 0 amide bonds. The average molecular weight is 202 g/mol. The molecular weight excluding hydrogens is 193 g/mol. The molecule has 76 valence electrons. The number of hydrogen-bond donors (Lipinski definition) is 1. The summed E-state index contributed by atoms with van der Waals surface area (Å²) in [6.07, 6.45) is 1.26. The standard InChI is InChI=1S/C10H9F3O/c1-6(5-14)2-7-3-9(12)10(13)4-8(7)11/h2-4,14H,5H2,1H3/b6-2-. The fourth-order valence-electron chi connectivity index (χ4n) is 0.960. The van der Waals surface area contributed by atoms with Crippen LogP contribution in [0.1, 0.15) is 12.5 Å². The fourth-order valence-corrected chi connectivity index (χ4v) is 0.960. The van der Waals surface area contributed by atoms with Crippen LogP contribution in [0.3, 0.4) is 0 Å². The van der Waals surface area contributed by atoms with Gasteiger partial charge in [-0.15, -0.1) is 0 Å². The Morgan fingerprint density at radius 2 is 1.79 bits per heavy atom. The molecular formula is C10H9F3O. The van der Waals surface area contributed by atoms with E-state index in [2.05, 4.69) is 0 Å². The summed E-state index contributed by atoms with van der Waals surface area (Å²) in [5, 5.41) is 8.65. The maximum atomic E-state index is 13.0. The van der Waals surface area contributed by atoms with E-state index in [1.807, 2.05) is 0 Å². The minimum Gasteiger partial charge on any atom is -0.392 e. The first-order valence-electron chi connectivity index (χ1n) is 3.97. The molecule has 0 aliphatic carbocycles. The van der Waals surface area contributed by atoms with E-state index in [1.165, 1.54) is 6.08 Å². The molecule has 1 nitrogen and oxygen atoms in total. The van der Waals surface area contributed by atoms with Crippen molar-refractivity contribution in [3.63, 3.8) is 0 Å². The van der Waals surface area contributed by atoms with Gasteiger partial charge in [0.2, 0.25) is 0 Å². The largest absolute Gasteiger partial charge is 0.392 e. The third kappa shape index (κ3) is 2.35. The maximum absolute atomic E-state index is 13.0. The second kappa shape index (κ2) is 4.28. The summed E-state index contributed by atoms with van der Waals surface area (Å²) in [6.45, 7) is 1.30. The molecule has 0 saturated carbocycles. The van der Waals surface area contributed by atoms with Crippen LogP contribution in [0, 0.1) is 17.5 Å². The monoisotopic (exact) mass is 202 g/mol. The Balaban J connectivity index is 3.16. The Morgan fingerprint density at radius 1 is 1.21 bits per heavy atom. The minimum absolute atomic E-state index is 0.0737. The van der Waals surface area contributed by atoms with Crippen LogP contribution in [0.25, 0.3) is 6.08 Å². The van der Waals surface area contributed by atoms with Crippen LogP contribution in [0.5, 0.6) is 0 Å². The lowest BCUT2D eigenvalue weighted by Crippen LogP contribution is -1.92. The van der Waals surface area contributed by atoms with E-state index >= 15 is 0 Å². The number of halogens is 3. The number of hydrogen-bond acceptors (Lipinski definition) is 1. The van der Waals surface area contributed by atoms with Crippen LogP contribution < -0.4 is 0 Å². The molecule has 4 heteroatoms. The molecule has 0 aromatic heterocycles. The summed E-state index contributed by atoms with van der Waals surface area (Å²) in [7, 11) is 0. The van der Waals surface area contributed by atoms with E-state index < -0.39 is 17.5 Å². The minimum atomic E-state index is -1.22. The van der Waals surface area contributed by atoms with Crippen LogP contribution in [0.2, 0.25) is 0 Å². The van der Waals surface area contributed by atoms with Gasteiger partial charge in [-0.3, -0.25) is 0 Å². The number of benzene rings is 1. The van der Waals surface area contributed by atoms with Crippen molar-refractivity contribution in [1.29, 1.82) is 0 Å². The normalized spacial score (nSPS) is 11.9. The zero-order valence-corrected chi connectivity index (χ0v) is 7.52. The molecule has 0 atom stereocenters. The number of aliphatic hydroxyl groups excluding tert-OH is 1. The van der Waals surface area contributed by atoms with Crippen molar-refractivity contribution in [2.24, 2.45) is 0 Å². The SMILES string of the molecule is C/C(=C/c1cc(F)c(F)cc1F)CO. The van der Waals surface area contributed by atoms with Crippen molar-refractivity contribution in [1.82, 2.24) is 0 Å². The van der Waals surface area contributed by atoms with E-state index in [-0.39, 0.29) is 12.2 Å². The Morgan fingerprint density at radius 3 is 2.36 bits per heavy atom. The molecule has 1 aromatic carbocycles. The summed E-state index contributed by atoms with van der Waals surface area (Å²) < 4.78 is 38.2. The highest BCUT2D eigenvalue weighted by Gasteiger charge is 2.07. The molecule has 1 N–H and O–H groups in total. The van der Waals surface area contributed by atoms with Gasteiger partial charge < -0.3 is 5.11 Å². The Kier molecular flexibility index (Phi) is 3.30. The Labute approximate surface area is 79.5 Å². The van der Waals surface area contributed by atoms with Crippen LogP contribution >= 0.6 is 0 Å². The van der Waals surface area contributed by atoms with Gasteiger partial charge in [-0.1, -0.05) is 6.08 Å². The van der Waals surface area contributed by atoms with Gasteiger partial charge in [0.25, 0.3) is 0 Å². The maximum Gasteiger partial charge on any atom is 0.161 e. The van der Waals surface area contributed by atoms with Gasteiger partial charge in [0.15, 0.2) is 11.6 Å². The van der Waals surface area contributed by atoms with E-state index in [9.17, 15) is 13.2 Å². The quantitative estimate of drug-likeness (QED) is 0.730. The predicted molar refractivity (Wildman–Crippen MR) is 47.1 cm³/mol. The third-order valence-electron chi connectivity index (χ3n) is 1.69. The summed E-state index contributed by atoms with van der Waals surface area (Å²) in [6, 6.07) is 1.23. The first kappa shape index (κ1) is 10.8. The summed E-state index contributed by atoms with van der Waals surface area (Å²) >= 11 is 0. The van der Waals surface area contributed by atoms with E-state index in [1.54, 1.807) is 6.92 Å². The average Bonchev–Trinajstić information content (AvgIpc) is 2.14. The van der Waals surface area contributed by atoms with E-state index in [0.717, 1.165) is 6.07 Å².